The standard InChI is InChI=1S/C19H21N5OS/c1-12-11-13(2)21-18(20-12)24-9-7-14(8-10-24)17(25)23-19-22-15-5-3-4-6-16(15)26-19/h3-6,11,14H,7-10H2,1-2H3,(H,22,23,25). The molecule has 3 aromatic rings. The van der Waals surface area contributed by atoms with E-state index in [0.717, 1.165) is 53.5 Å². The minimum absolute atomic E-state index is 0.00386. The highest BCUT2D eigenvalue weighted by Gasteiger charge is 2.27. The maximum absolute atomic E-state index is 12.6. The van der Waals surface area contributed by atoms with E-state index in [9.17, 15) is 4.79 Å². The Bertz CT molecular complexity index is 893. The number of aryl methyl sites for hydroxylation is 2. The van der Waals surface area contributed by atoms with Crippen molar-refractivity contribution in [1.29, 1.82) is 0 Å². The SMILES string of the molecule is Cc1cc(C)nc(N2CCC(C(=O)Nc3nc4ccccc4s3)CC2)n1. The van der Waals surface area contributed by atoms with E-state index in [1.807, 2.05) is 44.2 Å². The zero-order valence-corrected chi connectivity index (χ0v) is 15.7. The van der Waals surface area contributed by atoms with Gasteiger partial charge in [0.25, 0.3) is 0 Å². The summed E-state index contributed by atoms with van der Waals surface area (Å²) in [5.74, 6) is 0.835. The molecule has 0 radical (unpaired) electrons. The molecule has 0 atom stereocenters. The Morgan fingerprint density at radius 3 is 2.50 bits per heavy atom. The number of amides is 1. The molecule has 1 saturated heterocycles. The van der Waals surface area contributed by atoms with E-state index in [1.165, 1.54) is 11.3 Å². The Labute approximate surface area is 156 Å². The van der Waals surface area contributed by atoms with Crippen LogP contribution in [0.5, 0.6) is 0 Å². The first-order valence-corrected chi connectivity index (χ1v) is 9.64. The predicted octanol–water partition coefficient (Wildman–Crippen LogP) is 3.56. The van der Waals surface area contributed by atoms with Crippen LogP contribution in [0.3, 0.4) is 0 Å². The predicted molar refractivity (Wildman–Crippen MR) is 105 cm³/mol. The molecule has 1 N–H and O–H groups in total. The number of nitrogens with one attached hydrogen (secondary N) is 1. The van der Waals surface area contributed by atoms with E-state index in [-0.39, 0.29) is 11.8 Å². The molecule has 3 heterocycles. The summed E-state index contributed by atoms with van der Waals surface area (Å²) in [6.45, 7) is 5.55. The Morgan fingerprint density at radius 2 is 1.81 bits per heavy atom. The summed E-state index contributed by atoms with van der Waals surface area (Å²) in [6.07, 6.45) is 1.60. The molecule has 26 heavy (non-hydrogen) atoms. The van der Waals surface area contributed by atoms with Crippen molar-refractivity contribution in [3.05, 3.63) is 41.7 Å². The van der Waals surface area contributed by atoms with Crippen molar-refractivity contribution < 1.29 is 4.79 Å². The summed E-state index contributed by atoms with van der Waals surface area (Å²) in [5.41, 5.74) is 2.88. The molecule has 0 spiro atoms. The van der Waals surface area contributed by atoms with Gasteiger partial charge in [-0.3, -0.25) is 4.79 Å². The number of anilines is 2. The summed E-state index contributed by atoms with van der Waals surface area (Å²) in [5, 5.41) is 3.67. The van der Waals surface area contributed by atoms with Gasteiger partial charge in [-0.25, -0.2) is 15.0 Å². The maximum Gasteiger partial charge on any atom is 0.229 e. The highest BCUT2D eigenvalue weighted by molar-refractivity contribution is 7.22. The molecule has 1 amide bonds. The van der Waals surface area contributed by atoms with E-state index in [4.69, 9.17) is 0 Å². The van der Waals surface area contributed by atoms with Gasteiger partial charge >= 0.3 is 0 Å². The molecule has 0 aliphatic carbocycles. The van der Waals surface area contributed by atoms with Crippen molar-refractivity contribution in [1.82, 2.24) is 15.0 Å². The molecular formula is C19H21N5OS. The number of nitrogens with zero attached hydrogens (tertiary/aromatic N) is 4. The first-order chi connectivity index (χ1) is 12.6. The third-order valence-corrected chi connectivity index (χ3v) is 5.59. The second-order valence-corrected chi connectivity index (χ2v) is 7.72. The average molecular weight is 367 g/mol. The van der Waals surface area contributed by atoms with Crippen molar-refractivity contribution >= 4 is 38.5 Å². The number of aromatic nitrogens is 3. The summed E-state index contributed by atoms with van der Waals surface area (Å²) >= 11 is 1.52. The van der Waals surface area contributed by atoms with E-state index in [2.05, 4.69) is 25.2 Å². The van der Waals surface area contributed by atoms with Crippen molar-refractivity contribution in [2.45, 2.75) is 26.7 Å². The van der Waals surface area contributed by atoms with Crippen LogP contribution in [0.4, 0.5) is 11.1 Å². The van der Waals surface area contributed by atoms with Gasteiger partial charge in [-0.2, -0.15) is 0 Å². The van der Waals surface area contributed by atoms with Crippen LogP contribution < -0.4 is 10.2 Å². The first kappa shape index (κ1) is 16.9. The maximum atomic E-state index is 12.6. The van der Waals surface area contributed by atoms with E-state index in [1.54, 1.807) is 0 Å². The van der Waals surface area contributed by atoms with Crippen LogP contribution in [0.15, 0.2) is 30.3 Å². The highest BCUT2D eigenvalue weighted by atomic mass is 32.1. The fraction of sp³-hybridized carbons (Fsp3) is 0.368. The fourth-order valence-corrected chi connectivity index (χ4v) is 4.19. The second kappa shape index (κ2) is 6.99. The second-order valence-electron chi connectivity index (χ2n) is 6.69. The largest absolute Gasteiger partial charge is 0.341 e. The molecule has 1 aromatic carbocycles. The summed E-state index contributed by atoms with van der Waals surface area (Å²) in [7, 11) is 0. The van der Waals surface area contributed by atoms with Gasteiger partial charge in [-0.05, 0) is 44.9 Å². The summed E-state index contributed by atoms with van der Waals surface area (Å²) < 4.78 is 1.09. The van der Waals surface area contributed by atoms with E-state index < -0.39 is 0 Å². The Balaban J connectivity index is 1.38. The molecule has 0 unspecified atom stereocenters. The lowest BCUT2D eigenvalue weighted by Gasteiger charge is -2.31. The van der Waals surface area contributed by atoms with Gasteiger partial charge in [0.2, 0.25) is 11.9 Å². The number of carbonyl (C=O) groups is 1. The molecule has 134 valence electrons. The van der Waals surface area contributed by atoms with Crippen molar-refractivity contribution in [3.8, 4) is 0 Å². The smallest absolute Gasteiger partial charge is 0.229 e. The molecule has 1 aliphatic rings. The Morgan fingerprint density at radius 1 is 1.12 bits per heavy atom. The summed E-state index contributed by atoms with van der Waals surface area (Å²) in [6, 6.07) is 9.89. The number of thiazole rings is 1. The topological polar surface area (TPSA) is 71.0 Å². The molecular weight excluding hydrogens is 346 g/mol. The number of carbonyl (C=O) groups excluding carboxylic acids is 1. The van der Waals surface area contributed by atoms with E-state index in [0.29, 0.717) is 5.13 Å². The lowest BCUT2D eigenvalue weighted by atomic mass is 9.96. The number of hydrogen-bond donors (Lipinski definition) is 1. The molecule has 0 bridgehead atoms. The van der Waals surface area contributed by atoms with Crippen LogP contribution in [-0.2, 0) is 4.79 Å². The van der Waals surface area contributed by atoms with Gasteiger partial charge in [-0.15, -0.1) is 0 Å². The van der Waals surface area contributed by atoms with Crippen LogP contribution in [0.25, 0.3) is 10.2 Å². The van der Waals surface area contributed by atoms with Crippen molar-refractivity contribution in [2.24, 2.45) is 5.92 Å². The van der Waals surface area contributed by atoms with E-state index >= 15 is 0 Å². The summed E-state index contributed by atoms with van der Waals surface area (Å²) in [4.78, 5) is 28.3. The van der Waals surface area contributed by atoms with Gasteiger partial charge in [0.15, 0.2) is 5.13 Å². The quantitative estimate of drug-likeness (QED) is 0.766. The Kier molecular flexibility index (Phi) is 4.55. The van der Waals surface area contributed by atoms with Crippen molar-refractivity contribution in [2.75, 3.05) is 23.3 Å². The molecule has 4 rings (SSSR count). The van der Waals surface area contributed by atoms with Crippen LogP contribution >= 0.6 is 11.3 Å². The minimum Gasteiger partial charge on any atom is -0.341 e. The zero-order valence-electron chi connectivity index (χ0n) is 14.9. The van der Waals surface area contributed by atoms with Crippen molar-refractivity contribution in [3.63, 3.8) is 0 Å². The third-order valence-electron chi connectivity index (χ3n) is 4.64. The molecule has 1 fully saturated rings. The van der Waals surface area contributed by atoms with Crippen LogP contribution in [0.1, 0.15) is 24.2 Å². The van der Waals surface area contributed by atoms with Gasteiger partial charge in [-0.1, -0.05) is 23.5 Å². The molecule has 0 saturated carbocycles. The number of hydrogen-bond acceptors (Lipinski definition) is 6. The highest BCUT2D eigenvalue weighted by Crippen LogP contribution is 2.27. The lowest BCUT2D eigenvalue weighted by Crippen LogP contribution is -2.39. The fourth-order valence-electron chi connectivity index (χ4n) is 3.32. The van der Waals surface area contributed by atoms with Crippen LogP contribution in [0.2, 0.25) is 0 Å². The number of piperidine rings is 1. The van der Waals surface area contributed by atoms with Gasteiger partial charge < -0.3 is 10.2 Å². The van der Waals surface area contributed by atoms with Gasteiger partial charge in [0, 0.05) is 30.4 Å². The van der Waals surface area contributed by atoms with Gasteiger partial charge in [0.1, 0.15) is 0 Å². The zero-order chi connectivity index (χ0) is 18.1. The number of rotatable bonds is 3. The molecule has 7 heteroatoms. The third kappa shape index (κ3) is 3.53. The lowest BCUT2D eigenvalue weighted by molar-refractivity contribution is -0.120. The van der Waals surface area contributed by atoms with Crippen LogP contribution in [0, 0.1) is 19.8 Å². The van der Waals surface area contributed by atoms with Crippen LogP contribution in [-0.4, -0.2) is 33.9 Å². The number of fused-ring (bicyclic) bond motifs is 1. The normalized spacial score (nSPS) is 15.4. The van der Waals surface area contributed by atoms with Gasteiger partial charge in [0.05, 0.1) is 10.2 Å². The molecule has 6 nitrogen and oxygen atoms in total. The average Bonchev–Trinajstić information content (AvgIpc) is 3.03. The first-order valence-electron chi connectivity index (χ1n) is 8.82. The molecule has 1 aliphatic heterocycles. The number of para-hydroxylation sites is 1. The minimum atomic E-state index is 0.00386. The number of benzene rings is 1. The Hall–Kier alpha value is -2.54. The molecule has 2 aromatic heterocycles. The monoisotopic (exact) mass is 367 g/mol.